The molecule has 0 N–H and O–H groups in total. The number of benzene rings is 3. The summed E-state index contributed by atoms with van der Waals surface area (Å²) in [5.74, 6) is 0.172. The second kappa shape index (κ2) is 9.22. The molecule has 0 heterocycles. The zero-order chi connectivity index (χ0) is 23.0. The Hall–Kier alpha value is -1.79. The Bertz CT molecular complexity index is 1180. The Kier molecular flexibility index (Phi) is 6.73. The highest BCUT2D eigenvalue weighted by Crippen LogP contribution is 2.39. The molecule has 0 saturated heterocycles. The first-order valence-electron chi connectivity index (χ1n) is 11.1. The van der Waals surface area contributed by atoms with Crippen molar-refractivity contribution in [2.75, 3.05) is 0 Å². The van der Waals surface area contributed by atoms with Gasteiger partial charge < -0.3 is 0 Å². The molecule has 1 atom stereocenters. The van der Waals surface area contributed by atoms with E-state index in [1.54, 1.807) is 0 Å². The van der Waals surface area contributed by atoms with E-state index < -0.39 is 10.7 Å². The van der Waals surface area contributed by atoms with E-state index in [1.165, 1.54) is 31.4 Å². The summed E-state index contributed by atoms with van der Waals surface area (Å²) in [6.07, 6.45) is 1.94. The summed E-state index contributed by atoms with van der Waals surface area (Å²) < 4.78 is 6.06. The van der Waals surface area contributed by atoms with E-state index >= 15 is 0 Å². The predicted molar refractivity (Wildman–Crippen MR) is 143 cm³/mol. The summed E-state index contributed by atoms with van der Waals surface area (Å²) in [7, 11) is -0.664. The Morgan fingerprint density at radius 3 is 2.06 bits per heavy atom. The van der Waals surface area contributed by atoms with Crippen LogP contribution < -0.4 is 0 Å². The van der Waals surface area contributed by atoms with Crippen LogP contribution in [0.1, 0.15) is 50.3 Å². The molecule has 4 heteroatoms. The molecule has 1 saturated carbocycles. The fourth-order valence-corrected chi connectivity index (χ4v) is 6.63. The average molecular weight is 556 g/mol. The Morgan fingerprint density at radius 1 is 0.906 bits per heavy atom. The minimum absolute atomic E-state index is 0.0557. The van der Waals surface area contributed by atoms with Gasteiger partial charge >= 0.3 is 0 Å². The quantitative estimate of drug-likeness (QED) is 0.300. The normalized spacial score (nSPS) is 15.1. The van der Waals surface area contributed by atoms with Crippen LogP contribution in [0.3, 0.4) is 0 Å². The van der Waals surface area contributed by atoms with E-state index in [2.05, 4.69) is 118 Å². The number of amides is 1. The minimum Gasteiger partial charge on any atom is -0.272 e. The molecule has 1 aliphatic rings. The number of hydrogen-bond acceptors (Lipinski definition) is 1. The molecule has 0 aromatic heterocycles. The number of halogens is 1. The number of hydrogen-bond donors (Lipinski definition) is 0. The van der Waals surface area contributed by atoms with Gasteiger partial charge in [0.25, 0.3) is 5.91 Å². The van der Waals surface area contributed by atoms with Gasteiger partial charge in [-0.2, -0.15) is 4.36 Å². The summed E-state index contributed by atoms with van der Waals surface area (Å²) in [5, 5.41) is 0. The lowest BCUT2D eigenvalue weighted by atomic mass is 9.87. The van der Waals surface area contributed by atoms with E-state index in [0.717, 1.165) is 22.6 Å². The lowest BCUT2D eigenvalue weighted by molar-refractivity contribution is -0.118. The SMILES string of the molecule is Cc1cccc(I)c1-c1c(C)cccc1S(=NC(=O)C1CC1)c1ccc(C(C)(C)C)cc1. The third kappa shape index (κ3) is 4.91. The molecule has 0 spiro atoms. The highest BCUT2D eigenvalue weighted by atomic mass is 127. The Morgan fingerprint density at radius 2 is 1.50 bits per heavy atom. The zero-order valence-electron chi connectivity index (χ0n) is 19.4. The van der Waals surface area contributed by atoms with E-state index in [1.807, 2.05) is 0 Å². The molecule has 1 aliphatic carbocycles. The molecule has 1 amide bonds. The average Bonchev–Trinajstić information content (AvgIpc) is 3.58. The van der Waals surface area contributed by atoms with Gasteiger partial charge in [-0.05, 0) is 112 Å². The van der Waals surface area contributed by atoms with Crippen molar-refractivity contribution in [2.45, 2.75) is 62.7 Å². The maximum Gasteiger partial charge on any atom is 0.255 e. The molecule has 0 aliphatic heterocycles. The molecule has 1 unspecified atom stereocenters. The number of carbonyl (C=O) groups excluding carboxylic acids is 1. The molecular formula is C28H30INOS. The van der Waals surface area contributed by atoms with Crippen LogP contribution in [0.2, 0.25) is 0 Å². The second-order valence-electron chi connectivity index (χ2n) is 9.64. The van der Waals surface area contributed by atoms with Gasteiger partial charge in [0.2, 0.25) is 0 Å². The monoisotopic (exact) mass is 555 g/mol. The van der Waals surface area contributed by atoms with Crippen LogP contribution in [-0.4, -0.2) is 5.91 Å². The predicted octanol–water partition coefficient (Wildman–Crippen LogP) is 8.03. The van der Waals surface area contributed by atoms with Crippen molar-refractivity contribution >= 4 is 39.2 Å². The number of rotatable bonds is 4. The number of carbonyl (C=O) groups is 1. The minimum atomic E-state index is -0.664. The molecular weight excluding hydrogens is 525 g/mol. The lowest BCUT2D eigenvalue weighted by Gasteiger charge is -2.21. The molecule has 4 rings (SSSR count). The standard InChI is InChI=1S/C28H30INOS/c1-18-8-6-10-23(29)25(18)26-19(2)9-7-11-24(26)32(30-27(31)20-12-13-20)22-16-14-21(15-17-22)28(3,4)5/h6-11,14-17,20H,12-13H2,1-5H3. The third-order valence-electron chi connectivity index (χ3n) is 5.97. The molecule has 3 aromatic rings. The van der Waals surface area contributed by atoms with Gasteiger partial charge in [0.15, 0.2) is 0 Å². The maximum absolute atomic E-state index is 12.9. The molecule has 32 heavy (non-hydrogen) atoms. The number of aryl methyl sites for hydroxylation is 2. The topological polar surface area (TPSA) is 29.4 Å². The van der Waals surface area contributed by atoms with Crippen molar-refractivity contribution < 1.29 is 4.79 Å². The second-order valence-corrected chi connectivity index (χ2v) is 12.5. The van der Waals surface area contributed by atoms with E-state index in [9.17, 15) is 4.79 Å². The van der Waals surface area contributed by atoms with Crippen LogP contribution in [0.5, 0.6) is 0 Å². The van der Waals surface area contributed by atoms with Crippen molar-refractivity contribution in [3.63, 3.8) is 0 Å². The Labute approximate surface area is 208 Å². The zero-order valence-corrected chi connectivity index (χ0v) is 22.4. The van der Waals surface area contributed by atoms with Crippen LogP contribution in [-0.2, 0) is 20.9 Å². The molecule has 1 fully saturated rings. The van der Waals surface area contributed by atoms with Gasteiger partial charge in [0.1, 0.15) is 0 Å². The van der Waals surface area contributed by atoms with Crippen LogP contribution in [0.25, 0.3) is 11.1 Å². The van der Waals surface area contributed by atoms with Gasteiger partial charge in [-0.15, -0.1) is 0 Å². The van der Waals surface area contributed by atoms with Gasteiger partial charge in [-0.1, -0.05) is 57.2 Å². The summed E-state index contributed by atoms with van der Waals surface area (Å²) in [6.45, 7) is 11.0. The Balaban J connectivity index is 1.94. The molecule has 2 nitrogen and oxygen atoms in total. The van der Waals surface area contributed by atoms with Gasteiger partial charge in [-0.25, -0.2) is 0 Å². The maximum atomic E-state index is 12.9. The smallest absolute Gasteiger partial charge is 0.255 e. The molecule has 0 bridgehead atoms. The van der Waals surface area contributed by atoms with E-state index in [-0.39, 0.29) is 17.2 Å². The first-order valence-corrected chi connectivity index (χ1v) is 13.4. The van der Waals surface area contributed by atoms with Crippen LogP contribution in [0.4, 0.5) is 0 Å². The van der Waals surface area contributed by atoms with E-state index in [0.29, 0.717) is 0 Å². The molecule has 0 radical (unpaired) electrons. The van der Waals surface area contributed by atoms with Crippen molar-refractivity contribution in [1.29, 1.82) is 0 Å². The highest BCUT2D eigenvalue weighted by molar-refractivity contribution is 14.1. The van der Waals surface area contributed by atoms with Crippen molar-refractivity contribution in [3.8, 4) is 11.1 Å². The van der Waals surface area contributed by atoms with E-state index in [4.69, 9.17) is 4.36 Å². The fourth-order valence-electron chi connectivity index (χ4n) is 3.88. The largest absolute Gasteiger partial charge is 0.272 e. The van der Waals surface area contributed by atoms with Crippen molar-refractivity contribution in [3.05, 3.63) is 80.9 Å². The van der Waals surface area contributed by atoms with Gasteiger partial charge in [0, 0.05) is 24.8 Å². The van der Waals surface area contributed by atoms with Crippen LogP contribution in [0.15, 0.2) is 74.8 Å². The lowest BCUT2D eigenvalue weighted by Crippen LogP contribution is -2.11. The summed E-state index contributed by atoms with van der Waals surface area (Å²) in [6, 6.07) is 21.6. The summed E-state index contributed by atoms with van der Waals surface area (Å²) in [4.78, 5) is 15.1. The highest BCUT2D eigenvalue weighted by Gasteiger charge is 2.30. The first kappa shape index (κ1) is 23.4. The molecule has 166 valence electrons. The molecule has 3 aromatic carbocycles. The number of nitrogens with zero attached hydrogens (tertiary/aromatic N) is 1. The van der Waals surface area contributed by atoms with Crippen molar-refractivity contribution in [1.82, 2.24) is 0 Å². The van der Waals surface area contributed by atoms with Crippen molar-refractivity contribution in [2.24, 2.45) is 10.3 Å². The summed E-state index contributed by atoms with van der Waals surface area (Å²) >= 11 is 2.43. The fraction of sp³-hybridized carbons (Fsp3) is 0.321. The first-order chi connectivity index (χ1) is 15.2. The van der Waals surface area contributed by atoms with Gasteiger partial charge in [-0.3, -0.25) is 4.79 Å². The third-order valence-corrected chi connectivity index (χ3v) is 8.70. The van der Waals surface area contributed by atoms with Crippen LogP contribution >= 0.6 is 22.6 Å². The summed E-state index contributed by atoms with van der Waals surface area (Å²) in [5.41, 5.74) is 6.30. The van der Waals surface area contributed by atoms with Crippen LogP contribution in [0, 0.1) is 23.3 Å². The van der Waals surface area contributed by atoms with Gasteiger partial charge in [0.05, 0.1) is 0 Å².